The van der Waals surface area contributed by atoms with Crippen LogP contribution in [0, 0.1) is 5.92 Å². The molecule has 5 rings (SSSR count). The number of halogens is 3. The molecule has 4 heterocycles. The molecule has 1 unspecified atom stereocenters. The first-order chi connectivity index (χ1) is 16.8. The molecule has 0 saturated carbocycles. The van der Waals surface area contributed by atoms with E-state index in [0.717, 1.165) is 27.9 Å². The summed E-state index contributed by atoms with van der Waals surface area (Å²) in [4.78, 5) is 36.0. The minimum absolute atomic E-state index is 0.0616. The van der Waals surface area contributed by atoms with E-state index in [2.05, 4.69) is 20.6 Å². The molecule has 1 amide bonds. The second kappa shape index (κ2) is 9.57. The molecule has 0 spiro atoms. The number of anilines is 1. The van der Waals surface area contributed by atoms with Gasteiger partial charge in [0.25, 0.3) is 5.56 Å². The van der Waals surface area contributed by atoms with E-state index < -0.39 is 23.6 Å². The number of rotatable bonds is 6. The Labute approximate surface area is 203 Å². The van der Waals surface area contributed by atoms with E-state index in [4.69, 9.17) is 0 Å². The fourth-order valence-corrected chi connectivity index (χ4v) is 5.71. The number of benzene rings is 1. The topological polar surface area (TPSA) is 92.2 Å². The lowest BCUT2D eigenvalue weighted by Gasteiger charge is -2.23. The van der Waals surface area contributed by atoms with Crippen LogP contribution in [0.25, 0.3) is 10.3 Å². The van der Waals surface area contributed by atoms with Crippen molar-refractivity contribution in [3.63, 3.8) is 0 Å². The number of nitrogens with zero attached hydrogens (tertiary/aromatic N) is 4. The van der Waals surface area contributed by atoms with Crippen LogP contribution in [0.2, 0.25) is 0 Å². The van der Waals surface area contributed by atoms with E-state index in [9.17, 15) is 22.8 Å². The van der Waals surface area contributed by atoms with Crippen molar-refractivity contribution >= 4 is 32.7 Å². The molecule has 2 aromatic heterocycles. The zero-order valence-corrected chi connectivity index (χ0v) is 19.7. The quantitative estimate of drug-likeness (QED) is 0.534. The molecular formula is C23H25F3N6O2S. The van der Waals surface area contributed by atoms with Crippen LogP contribution in [-0.4, -0.2) is 46.1 Å². The lowest BCUT2D eigenvalue weighted by molar-refractivity contribution is -0.148. The van der Waals surface area contributed by atoms with Crippen molar-refractivity contribution in [2.45, 2.75) is 44.6 Å². The van der Waals surface area contributed by atoms with E-state index in [-0.39, 0.29) is 28.7 Å². The van der Waals surface area contributed by atoms with Gasteiger partial charge in [0.05, 0.1) is 0 Å². The fraction of sp³-hybridized carbons (Fsp3) is 0.478. The van der Waals surface area contributed by atoms with E-state index >= 15 is 0 Å². The number of alkyl halides is 3. The number of hydrogen-bond donors (Lipinski definition) is 2. The van der Waals surface area contributed by atoms with Gasteiger partial charge in [0.2, 0.25) is 11.7 Å². The highest BCUT2D eigenvalue weighted by Crippen LogP contribution is 2.34. The Balaban J connectivity index is 1.43. The minimum atomic E-state index is -4.77. The summed E-state index contributed by atoms with van der Waals surface area (Å²) in [6, 6.07) is 9.00. The maximum Gasteiger partial charge on any atom is 0.449 e. The molecule has 3 aromatic rings. The zero-order valence-electron chi connectivity index (χ0n) is 18.8. The number of fused-ring (bicyclic) bond motifs is 1. The third-order valence-corrected chi connectivity index (χ3v) is 7.46. The standard InChI is InChI=1S/C23H25F3N6O2S/c24-23(25,26)21-30-19-17(20(34)32(21)13-15-8-9-27-11-15)29-22(35-19)31-10-4-7-16(31)18(33)28-12-14-5-2-1-3-6-14/h1-3,5-6,15-16,27H,4,7-13H2,(H,28,33)/t15?,16-/m1/s1. The predicted molar refractivity (Wildman–Crippen MR) is 126 cm³/mol. The summed E-state index contributed by atoms with van der Waals surface area (Å²) in [7, 11) is 0. The van der Waals surface area contributed by atoms with Gasteiger partial charge in [0.1, 0.15) is 6.04 Å². The van der Waals surface area contributed by atoms with E-state index in [1.807, 2.05) is 30.3 Å². The maximum absolute atomic E-state index is 13.8. The Morgan fingerprint density at radius 3 is 2.71 bits per heavy atom. The van der Waals surface area contributed by atoms with Crippen molar-refractivity contribution in [1.29, 1.82) is 0 Å². The molecule has 0 aliphatic carbocycles. The second-order valence-electron chi connectivity index (χ2n) is 8.91. The summed E-state index contributed by atoms with van der Waals surface area (Å²) in [5.74, 6) is -1.46. The van der Waals surface area contributed by atoms with Gasteiger partial charge < -0.3 is 15.5 Å². The Hall–Kier alpha value is -2.99. The third-order valence-electron chi connectivity index (χ3n) is 6.48. The molecule has 2 atom stereocenters. The molecule has 2 aliphatic rings. The van der Waals surface area contributed by atoms with Crippen LogP contribution in [0.3, 0.4) is 0 Å². The van der Waals surface area contributed by atoms with Gasteiger partial charge in [-0.2, -0.15) is 13.2 Å². The number of carbonyl (C=O) groups is 1. The summed E-state index contributed by atoms with van der Waals surface area (Å²) < 4.78 is 42.2. The second-order valence-corrected chi connectivity index (χ2v) is 9.87. The first kappa shape index (κ1) is 23.7. The molecule has 8 nitrogen and oxygen atoms in total. The highest BCUT2D eigenvalue weighted by atomic mass is 32.1. The maximum atomic E-state index is 13.8. The summed E-state index contributed by atoms with van der Waals surface area (Å²) in [6.07, 6.45) is -2.75. The molecule has 2 aliphatic heterocycles. The van der Waals surface area contributed by atoms with E-state index in [1.165, 1.54) is 0 Å². The smallest absolute Gasteiger partial charge is 0.350 e. The molecule has 186 valence electrons. The summed E-state index contributed by atoms with van der Waals surface area (Å²) in [5, 5.41) is 6.38. The summed E-state index contributed by atoms with van der Waals surface area (Å²) in [5.41, 5.74) is 0.0904. The van der Waals surface area contributed by atoms with Crippen molar-refractivity contribution < 1.29 is 18.0 Å². The molecule has 1 aromatic carbocycles. The number of thiazole rings is 1. The number of amides is 1. The fourth-order valence-electron chi connectivity index (χ4n) is 4.70. The lowest BCUT2D eigenvalue weighted by atomic mass is 10.1. The van der Waals surface area contributed by atoms with Crippen LogP contribution in [-0.2, 0) is 24.1 Å². The first-order valence-electron chi connectivity index (χ1n) is 11.6. The van der Waals surface area contributed by atoms with Crippen molar-refractivity contribution in [1.82, 2.24) is 25.2 Å². The summed E-state index contributed by atoms with van der Waals surface area (Å²) >= 11 is 0.924. The largest absolute Gasteiger partial charge is 0.449 e. The number of carbonyl (C=O) groups excluding carboxylic acids is 1. The van der Waals surface area contributed by atoms with Gasteiger partial charge in [-0.05, 0) is 43.8 Å². The van der Waals surface area contributed by atoms with Crippen LogP contribution in [0.15, 0.2) is 35.1 Å². The molecule has 0 bridgehead atoms. The van der Waals surface area contributed by atoms with Gasteiger partial charge >= 0.3 is 6.18 Å². The van der Waals surface area contributed by atoms with Crippen molar-refractivity contribution in [3.8, 4) is 0 Å². The van der Waals surface area contributed by atoms with Gasteiger partial charge in [-0.1, -0.05) is 41.7 Å². The van der Waals surface area contributed by atoms with Crippen LogP contribution in [0.5, 0.6) is 0 Å². The van der Waals surface area contributed by atoms with Gasteiger partial charge in [-0.3, -0.25) is 14.2 Å². The Bertz CT molecular complexity index is 1270. The van der Waals surface area contributed by atoms with E-state index in [1.54, 1.807) is 4.90 Å². The van der Waals surface area contributed by atoms with Gasteiger partial charge in [0, 0.05) is 19.6 Å². The lowest BCUT2D eigenvalue weighted by Crippen LogP contribution is -2.43. The third kappa shape index (κ3) is 4.90. The van der Waals surface area contributed by atoms with Gasteiger partial charge in [-0.25, -0.2) is 9.97 Å². The van der Waals surface area contributed by atoms with Crippen LogP contribution >= 0.6 is 11.3 Å². The van der Waals surface area contributed by atoms with E-state index in [0.29, 0.717) is 44.2 Å². The molecule has 0 radical (unpaired) electrons. The average Bonchev–Trinajstić information content (AvgIpc) is 3.59. The zero-order chi connectivity index (χ0) is 24.6. The van der Waals surface area contributed by atoms with Gasteiger partial charge in [0.15, 0.2) is 15.5 Å². The average molecular weight is 507 g/mol. The molecule has 2 fully saturated rings. The normalized spacial score (nSPS) is 20.6. The first-order valence-corrected chi connectivity index (χ1v) is 12.4. The van der Waals surface area contributed by atoms with Crippen LogP contribution in [0.1, 0.15) is 30.7 Å². The van der Waals surface area contributed by atoms with Crippen LogP contribution in [0.4, 0.5) is 18.3 Å². The van der Waals surface area contributed by atoms with Crippen molar-refractivity contribution in [2.75, 3.05) is 24.5 Å². The molecule has 2 N–H and O–H groups in total. The Kier molecular flexibility index (Phi) is 6.49. The summed E-state index contributed by atoms with van der Waals surface area (Å²) in [6.45, 7) is 2.10. The monoisotopic (exact) mass is 506 g/mol. The van der Waals surface area contributed by atoms with Crippen molar-refractivity contribution in [2.24, 2.45) is 5.92 Å². The molecule has 35 heavy (non-hydrogen) atoms. The highest BCUT2D eigenvalue weighted by Gasteiger charge is 2.39. The molecule has 12 heteroatoms. The predicted octanol–water partition coefficient (Wildman–Crippen LogP) is 2.77. The van der Waals surface area contributed by atoms with Gasteiger partial charge in [-0.15, -0.1) is 0 Å². The highest BCUT2D eigenvalue weighted by molar-refractivity contribution is 7.21. The van der Waals surface area contributed by atoms with Crippen molar-refractivity contribution in [3.05, 3.63) is 52.1 Å². The minimum Gasteiger partial charge on any atom is -0.350 e. The Morgan fingerprint density at radius 1 is 1.20 bits per heavy atom. The number of hydrogen-bond acceptors (Lipinski definition) is 7. The SMILES string of the molecule is O=C(NCc1ccccc1)[C@H]1CCCN1c1nc2c(=O)n(CC3CCNC3)c(C(F)(F)F)nc2s1. The number of aromatic nitrogens is 3. The number of nitrogens with one attached hydrogen (secondary N) is 2. The van der Waals surface area contributed by atoms with Crippen LogP contribution < -0.4 is 21.1 Å². The molecular weight excluding hydrogens is 481 g/mol. The Morgan fingerprint density at radius 2 is 2.00 bits per heavy atom. The molecule has 2 saturated heterocycles.